The van der Waals surface area contributed by atoms with E-state index < -0.39 is 5.41 Å². The van der Waals surface area contributed by atoms with Crippen LogP contribution in [0.3, 0.4) is 0 Å². The molecule has 21 heavy (non-hydrogen) atoms. The first-order valence-corrected chi connectivity index (χ1v) is 7.42. The molecule has 0 saturated carbocycles. The fourth-order valence-electron chi connectivity index (χ4n) is 2.32. The number of ether oxygens (including phenoxy) is 2. The topological polar surface area (TPSA) is 106 Å². The molecule has 0 heterocycles. The minimum absolute atomic E-state index is 0.0241. The fraction of sp³-hybridized carbons (Fsp3) is 0.857. The van der Waals surface area contributed by atoms with Gasteiger partial charge in [-0.3, -0.25) is 4.79 Å². The lowest BCUT2D eigenvalue weighted by Crippen LogP contribution is -2.50. The Labute approximate surface area is 126 Å². The predicted molar refractivity (Wildman–Crippen MR) is 81.4 cm³/mol. The molecule has 0 aromatic rings. The summed E-state index contributed by atoms with van der Waals surface area (Å²) in [6, 6.07) is 0. The van der Waals surface area contributed by atoms with Crippen LogP contribution in [0.15, 0.2) is 5.16 Å². The molecule has 0 aromatic heterocycles. The largest absolute Gasteiger partial charge is 0.409 e. The number of carbonyl (C=O) groups excluding carboxylic acids is 1. The Morgan fingerprint density at radius 2 is 1.86 bits per heavy atom. The molecular weight excluding hydrogens is 274 g/mol. The molecule has 7 heteroatoms. The highest BCUT2D eigenvalue weighted by atomic mass is 16.5. The zero-order valence-electron chi connectivity index (χ0n) is 13.4. The van der Waals surface area contributed by atoms with Crippen molar-refractivity contribution in [1.82, 2.24) is 5.32 Å². The standard InChI is InChI=1S/C14H29N3O4/c1-4-6-14(7-5-2,12(15)17-19)13(18)16-8-9-21-11-10-20-3/h19H,4-11H2,1-3H3,(H2,15,17)(H,16,18). The van der Waals surface area contributed by atoms with E-state index in [1.807, 2.05) is 13.8 Å². The Hall–Kier alpha value is -1.34. The van der Waals surface area contributed by atoms with Crippen LogP contribution in [-0.4, -0.2) is 50.4 Å². The van der Waals surface area contributed by atoms with Crippen molar-refractivity contribution in [2.24, 2.45) is 16.3 Å². The zero-order valence-corrected chi connectivity index (χ0v) is 13.4. The van der Waals surface area contributed by atoms with Gasteiger partial charge in [0, 0.05) is 13.7 Å². The van der Waals surface area contributed by atoms with Crippen LogP contribution in [0.25, 0.3) is 0 Å². The highest BCUT2D eigenvalue weighted by molar-refractivity contribution is 6.06. The third-order valence-electron chi connectivity index (χ3n) is 3.35. The molecule has 0 unspecified atom stereocenters. The number of carbonyl (C=O) groups is 1. The molecule has 0 rings (SSSR count). The summed E-state index contributed by atoms with van der Waals surface area (Å²) in [6.07, 6.45) is 2.64. The summed E-state index contributed by atoms with van der Waals surface area (Å²) >= 11 is 0. The maximum Gasteiger partial charge on any atom is 0.234 e. The molecular formula is C14H29N3O4. The van der Waals surface area contributed by atoms with E-state index in [-0.39, 0.29) is 11.7 Å². The molecule has 0 bridgehead atoms. The number of nitrogens with two attached hydrogens (primary N) is 1. The van der Waals surface area contributed by atoms with Crippen molar-refractivity contribution in [3.05, 3.63) is 0 Å². The van der Waals surface area contributed by atoms with Crippen LogP contribution in [0.4, 0.5) is 0 Å². The molecule has 0 aliphatic rings. The Morgan fingerprint density at radius 3 is 2.33 bits per heavy atom. The van der Waals surface area contributed by atoms with Gasteiger partial charge in [-0.05, 0) is 12.8 Å². The van der Waals surface area contributed by atoms with Crippen molar-refractivity contribution in [1.29, 1.82) is 0 Å². The summed E-state index contributed by atoms with van der Waals surface area (Å²) in [5.74, 6) is -0.235. The Morgan fingerprint density at radius 1 is 1.24 bits per heavy atom. The second-order valence-electron chi connectivity index (χ2n) is 4.93. The van der Waals surface area contributed by atoms with E-state index >= 15 is 0 Å². The Kier molecular flexibility index (Phi) is 10.6. The third kappa shape index (κ3) is 6.31. The van der Waals surface area contributed by atoms with Crippen LogP contribution < -0.4 is 11.1 Å². The highest BCUT2D eigenvalue weighted by Crippen LogP contribution is 2.30. The van der Waals surface area contributed by atoms with Gasteiger partial charge < -0.3 is 25.7 Å². The van der Waals surface area contributed by atoms with Gasteiger partial charge in [-0.25, -0.2) is 0 Å². The maximum atomic E-state index is 12.5. The SMILES string of the molecule is CCCC(CCC)(C(=O)NCCOCCOC)C(N)=NO. The van der Waals surface area contributed by atoms with Gasteiger partial charge in [0.25, 0.3) is 0 Å². The van der Waals surface area contributed by atoms with Gasteiger partial charge in [-0.1, -0.05) is 31.8 Å². The number of amidine groups is 1. The predicted octanol–water partition coefficient (Wildman–Crippen LogP) is 1.10. The summed E-state index contributed by atoms with van der Waals surface area (Å²) in [5.41, 5.74) is 4.85. The minimum atomic E-state index is -0.940. The first-order valence-electron chi connectivity index (χ1n) is 7.42. The molecule has 124 valence electrons. The van der Waals surface area contributed by atoms with Crippen LogP contribution in [0.1, 0.15) is 39.5 Å². The quantitative estimate of drug-likeness (QED) is 0.164. The van der Waals surface area contributed by atoms with Crippen LogP contribution in [0.2, 0.25) is 0 Å². The summed E-state index contributed by atoms with van der Waals surface area (Å²) in [6.45, 7) is 5.73. The second kappa shape index (κ2) is 11.3. The normalized spacial score (nSPS) is 12.4. The van der Waals surface area contributed by atoms with Gasteiger partial charge in [-0.2, -0.15) is 0 Å². The van der Waals surface area contributed by atoms with Gasteiger partial charge in [0.05, 0.1) is 19.8 Å². The van der Waals surface area contributed by atoms with E-state index in [1.165, 1.54) is 0 Å². The van der Waals surface area contributed by atoms with Gasteiger partial charge in [0.15, 0.2) is 5.84 Å². The van der Waals surface area contributed by atoms with E-state index in [1.54, 1.807) is 7.11 Å². The number of methoxy groups -OCH3 is 1. The average Bonchev–Trinajstić information content (AvgIpc) is 2.49. The molecule has 0 aliphatic heterocycles. The number of nitrogens with one attached hydrogen (secondary N) is 1. The van der Waals surface area contributed by atoms with Crippen molar-refractivity contribution >= 4 is 11.7 Å². The number of rotatable bonds is 12. The summed E-state index contributed by atoms with van der Waals surface area (Å²) < 4.78 is 10.2. The highest BCUT2D eigenvalue weighted by Gasteiger charge is 2.41. The van der Waals surface area contributed by atoms with Gasteiger partial charge in [-0.15, -0.1) is 0 Å². The molecule has 0 aliphatic carbocycles. The summed E-state index contributed by atoms with van der Waals surface area (Å²) in [4.78, 5) is 12.5. The van der Waals surface area contributed by atoms with E-state index in [0.717, 1.165) is 12.8 Å². The van der Waals surface area contributed by atoms with Crippen molar-refractivity contribution < 1.29 is 19.5 Å². The van der Waals surface area contributed by atoms with Crippen molar-refractivity contribution in [2.75, 3.05) is 33.5 Å². The molecule has 4 N–H and O–H groups in total. The first kappa shape index (κ1) is 19.7. The van der Waals surface area contributed by atoms with Gasteiger partial charge in [0.1, 0.15) is 5.41 Å². The smallest absolute Gasteiger partial charge is 0.234 e. The minimum Gasteiger partial charge on any atom is -0.409 e. The summed E-state index contributed by atoms with van der Waals surface area (Å²) in [5, 5.41) is 14.9. The molecule has 0 radical (unpaired) electrons. The Balaban J connectivity index is 4.57. The van der Waals surface area contributed by atoms with Gasteiger partial charge >= 0.3 is 0 Å². The molecule has 0 spiro atoms. The first-order chi connectivity index (χ1) is 10.1. The van der Waals surface area contributed by atoms with Crippen LogP contribution in [0.5, 0.6) is 0 Å². The van der Waals surface area contributed by atoms with Crippen LogP contribution in [0, 0.1) is 5.41 Å². The second-order valence-corrected chi connectivity index (χ2v) is 4.93. The van der Waals surface area contributed by atoms with E-state index in [4.69, 9.17) is 20.4 Å². The maximum absolute atomic E-state index is 12.5. The lowest BCUT2D eigenvalue weighted by molar-refractivity contribution is -0.128. The number of amides is 1. The van der Waals surface area contributed by atoms with E-state index in [2.05, 4.69) is 10.5 Å². The molecule has 7 nitrogen and oxygen atoms in total. The van der Waals surface area contributed by atoms with E-state index in [0.29, 0.717) is 39.2 Å². The molecule has 0 saturated heterocycles. The third-order valence-corrected chi connectivity index (χ3v) is 3.35. The number of hydrogen-bond donors (Lipinski definition) is 3. The van der Waals surface area contributed by atoms with Crippen LogP contribution in [-0.2, 0) is 14.3 Å². The molecule has 0 fully saturated rings. The number of nitrogens with zero attached hydrogens (tertiary/aromatic N) is 1. The Bertz CT molecular complexity index is 315. The lowest BCUT2D eigenvalue weighted by Gasteiger charge is -2.30. The summed E-state index contributed by atoms with van der Waals surface area (Å²) in [7, 11) is 1.60. The monoisotopic (exact) mass is 303 g/mol. The zero-order chi connectivity index (χ0) is 16.1. The van der Waals surface area contributed by atoms with Crippen molar-refractivity contribution in [2.45, 2.75) is 39.5 Å². The van der Waals surface area contributed by atoms with E-state index in [9.17, 15) is 4.79 Å². The fourth-order valence-corrected chi connectivity index (χ4v) is 2.32. The van der Waals surface area contributed by atoms with Gasteiger partial charge in [0.2, 0.25) is 5.91 Å². The van der Waals surface area contributed by atoms with Crippen molar-refractivity contribution in [3.63, 3.8) is 0 Å². The van der Waals surface area contributed by atoms with Crippen LogP contribution >= 0.6 is 0 Å². The molecule has 0 atom stereocenters. The molecule has 0 aromatic carbocycles. The number of oxime groups is 1. The lowest BCUT2D eigenvalue weighted by atomic mass is 9.77. The average molecular weight is 303 g/mol. The molecule has 1 amide bonds. The van der Waals surface area contributed by atoms with Crippen molar-refractivity contribution in [3.8, 4) is 0 Å². The number of hydrogen-bond acceptors (Lipinski definition) is 5.